The SMILES string of the molecule is COC(C)(C)CNc1ccc(OC(F)F)cn1. The van der Waals surface area contributed by atoms with Crippen LogP contribution in [0.2, 0.25) is 0 Å². The van der Waals surface area contributed by atoms with Crippen molar-refractivity contribution in [1.82, 2.24) is 4.98 Å². The van der Waals surface area contributed by atoms with Gasteiger partial charge in [-0.15, -0.1) is 0 Å². The first-order valence-corrected chi connectivity index (χ1v) is 5.13. The lowest BCUT2D eigenvalue weighted by molar-refractivity contribution is -0.0500. The standard InChI is InChI=1S/C11H16F2N2O2/c1-11(2,16-3)7-15-9-5-4-8(6-14-9)17-10(12)13/h4-6,10H,7H2,1-3H3,(H,14,15). The minimum Gasteiger partial charge on any atom is -0.433 e. The second kappa shape index (κ2) is 5.77. The molecule has 1 aromatic heterocycles. The largest absolute Gasteiger partial charge is 0.433 e. The van der Waals surface area contributed by atoms with E-state index in [2.05, 4.69) is 15.0 Å². The molecule has 0 aliphatic heterocycles. The van der Waals surface area contributed by atoms with Gasteiger partial charge in [-0.3, -0.25) is 0 Å². The minimum atomic E-state index is -2.83. The van der Waals surface area contributed by atoms with Gasteiger partial charge in [-0.1, -0.05) is 0 Å². The highest BCUT2D eigenvalue weighted by molar-refractivity contribution is 5.37. The predicted octanol–water partition coefficient (Wildman–Crippen LogP) is 2.52. The summed E-state index contributed by atoms with van der Waals surface area (Å²) in [5.74, 6) is 0.619. The Morgan fingerprint density at radius 1 is 1.41 bits per heavy atom. The number of nitrogens with one attached hydrogen (secondary N) is 1. The predicted molar refractivity (Wildman–Crippen MR) is 60.4 cm³/mol. The Labute approximate surface area is 98.9 Å². The Kier molecular flexibility index (Phi) is 4.62. The van der Waals surface area contributed by atoms with E-state index in [-0.39, 0.29) is 11.4 Å². The third kappa shape index (κ3) is 4.95. The van der Waals surface area contributed by atoms with Gasteiger partial charge in [0.2, 0.25) is 0 Å². The number of hydrogen-bond donors (Lipinski definition) is 1. The summed E-state index contributed by atoms with van der Waals surface area (Å²) >= 11 is 0. The molecular formula is C11H16F2N2O2. The first-order valence-electron chi connectivity index (χ1n) is 5.13. The van der Waals surface area contributed by atoms with Crippen LogP contribution >= 0.6 is 0 Å². The molecule has 0 aliphatic rings. The molecule has 4 nitrogen and oxygen atoms in total. The Balaban J connectivity index is 2.51. The van der Waals surface area contributed by atoms with Gasteiger partial charge in [-0.2, -0.15) is 8.78 Å². The summed E-state index contributed by atoms with van der Waals surface area (Å²) in [5.41, 5.74) is -0.320. The molecule has 0 fully saturated rings. The van der Waals surface area contributed by atoms with Crippen LogP contribution in [0.4, 0.5) is 14.6 Å². The molecule has 0 aromatic carbocycles. The third-order valence-corrected chi connectivity index (χ3v) is 2.21. The molecule has 0 saturated carbocycles. The first kappa shape index (κ1) is 13.6. The van der Waals surface area contributed by atoms with Crippen LogP contribution in [-0.4, -0.2) is 30.9 Å². The van der Waals surface area contributed by atoms with Crippen LogP contribution in [0.1, 0.15) is 13.8 Å². The molecule has 0 saturated heterocycles. The second-order valence-corrected chi connectivity index (χ2v) is 4.08. The van der Waals surface area contributed by atoms with E-state index in [1.54, 1.807) is 13.2 Å². The van der Waals surface area contributed by atoms with Crippen molar-refractivity contribution >= 4 is 5.82 Å². The van der Waals surface area contributed by atoms with Crippen LogP contribution < -0.4 is 10.1 Å². The van der Waals surface area contributed by atoms with Gasteiger partial charge in [0, 0.05) is 13.7 Å². The number of anilines is 1. The molecule has 0 bridgehead atoms. The molecule has 1 aromatic rings. The normalized spacial score (nSPS) is 11.6. The quantitative estimate of drug-likeness (QED) is 0.837. The number of halogens is 2. The van der Waals surface area contributed by atoms with Crippen molar-refractivity contribution in [3.05, 3.63) is 18.3 Å². The van der Waals surface area contributed by atoms with Crippen molar-refractivity contribution in [3.63, 3.8) is 0 Å². The van der Waals surface area contributed by atoms with Crippen molar-refractivity contribution in [2.45, 2.75) is 26.1 Å². The molecule has 0 aliphatic carbocycles. The van der Waals surface area contributed by atoms with Crippen molar-refractivity contribution in [2.24, 2.45) is 0 Å². The number of aromatic nitrogens is 1. The van der Waals surface area contributed by atoms with Crippen molar-refractivity contribution < 1.29 is 18.3 Å². The fourth-order valence-corrected chi connectivity index (χ4v) is 1.03. The van der Waals surface area contributed by atoms with E-state index in [1.165, 1.54) is 12.3 Å². The number of hydrogen-bond acceptors (Lipinski definition) is 4. The van der Waals surface area contributed by atoms with Crippen LogP contribution in [-0.2, 0) is 4.74 Å². The number of pyridine rings is 1. The van der Waals surface area contributed by atoms with E-state index in [0.29, 0.717) is 12.4 Å². The molecule has 1 N–H and O–H groups in total. The smallest absolute Gasteiger partial charge is 0.387 e. The van der Waals surface area contributed by atoms with Gasteiger partial charge < -0.3 is 14.8 Å². The maximum atomic E-state index is 11.9. The molecule has 0 atom stereocenters. The monoisotopic (exact) mass is 246 g/mol. The molecule has 0 unspecified atom stereocenters. The summed E-state index contributed by atoms with van der Waals surface area (Å²) in [6, 6.07) is 3.00. The lowest BCUT2D eigenvalue weighted by Gasteiger charge is -2.23. The van der Waals surface area contributed by atoms with Crippen molar-refractivity contribution in [2.75, 3.05) is 19.0 Å². The molecule has 0 radical (unpaired) electrons. The number of rotatable bonds is 6. The number of ether oxygens (including phenoxy) is 2. The van der Waals surface area contributed by atoms with Crippen LogP contribution in [0.15, 0.2) is 18.3 Å². The molecule has 1 rings (SSSR count). The van der Waals surface area contributed by atoms with Gasteiger partial charge in [-0.05, 0) is 26.0 Å². The van der Waals surface area contributed by atoms with E-state index in [9.17, 15) is 8.78 Å². The second-order valence-electron chi connectivity index (χ2n) is 4.08. The summed E-state index contributed by atoms with van der Waals surface area (Å²) in [5, 5.41) is 3.04. The van der Waals surface area contributed by atoms with Gasteiger partial charge in [0.15, 0.2) is 0 Å². The maximum absolute atomic E-state index is 11.9. The molecule has 96 valence electrons. The summed E-state index contributed by atoms with van der Waals surface area (Å²) in [4.78, 5) is 3.94. The topological polar surface area (TPSA) is 43.4 Å². The Hall–Kier alpha value is -1.43. The molecular weight excluding hydrogens is 230 g/mol. The van der Waals surface area contributed by atoms with Gasteiger partial charge in [-0.25, -0.2) is 4.98 Å². The fraction of sp³-hybridized carbons (Fsp3) is 0.545. The van der Waals surface area contributed by atoms with Gasteiger partial charge in [0.1, 0.15) is 11.6 Å². The lowest BCUT2D eigenvalue weighted by atomic mass is 10.1. The zero-order valence-electron chi connectivity index (χ0n) is 10.0. The van der Waals surface area contributed by atoms with Crippen LogP contribution in [0.5, 0.6) is 5.75 Å². The highest BCUT2D eigenvalue weighted by Crippen LogP contribution is 2.15. The van der Waals surface area contributed by atoms with E-state index < -0.39 is 6.61 Å². The van der Waals surface area contributed by atoms with Crippen LogP contribution in [0, 0.1) is 0 Å². The summed E-state index contributed by atoms with van der Waals surface area (Å²) < 4.78 is 33.2. The zero-order chi connectivity index (χ0) is 12.9. The molecule has 0 amide bonds. The zero-order valence-corrected chi connectivity index (χ0v) is 10.0. The highest BCUT2D eigenvalue weighted by atomic mass is 19.3. The highest BCUT2D eigenvalue weighted by Gasteiger charge is 2.15. The molecule has 17 heavy (non-hydrogen) atoms. The lowest BCUT2D eigenvalue weighted by Crippen LogP contribution is -2.32. The Morgan fingerprint density at radius 3 is 2.59 bits per heavy atom. The van der Waals surface area contributed by atoms with E-state index in [1.807, 2.05) is 13.8 Å². The van der Waals surface area contributed by atoms with Crippen LogP contribution in [0.3, 0.4) is 0 Å². The van der Waals surface area contributed by atoms with Crippen molar-refractivity contribution in [1.29, 1.82) is 0 Å². The summed E-state index contributed by atoms with van der Waals surface area (Å²) in [7, 11) is 1.62. The molecule has 1 heterocycles. The average molecular weight is 246 g/mol. The number of nitrogens with zero attached hydrogens (tertiary/aromatic N) is 1. The molecule has 6 heteroatoms. The first-order chi connectivity index (χ1) is 7.93. The van der Waals surface area contributed by atoms with Crippen LogP contribution in [0.25, 0.3) is 0 Å². The van der Waals surface area contributed by atoms with Gasteiger partial charge in [0.05, 0.1) is 11.8 Å². The Morgan fingerprint density at radius 2 is 2.12 bits per heavy atom. The summed E-state index contributed by atoms with van der Waals surface area (Å²) in [6.07, 6.45) is 1.24. The Bertz CT molecular complexity index is 342. The van der Waals surface area contributed by atoms with E-state index >= 15 is 0 Å². The third-order valence-electron chi connectivity index (χ3n) is 2.21. The van der Waals surface area contributed by atoms with E-state index in [4.69, 9.17) is 4.74 Å². The summed E-state index contributed by atoms with van der Waals surface area (Å²) in [6.45, 7) is 1.58. The van der Waals surface area contributed by atoms with E-state index in [0.717, 1.165) is 0 Å². The average Bonchev–Trinajstić information content (AvgIpc) is 2.28. The minimum absolute atomic E-state index is 0.0385. The van der Waals surface area contributed by atoms with Crippen molar-refractivity contribution in [3.8, 4) is 5.75 Å². The van der Waals surface area contributed by atoms with Gasteiger partial charge >= 0.3 is 6.61 Å². The number of methoxy groups -OCH3 is 1. The number of alkyl halides is 2. The van der Waals surface area contributed by atoms with Gasteiger partial charge in [0.25, 0.3) is 0 Å². The maximum Gasteiger partial charge on any atom is 0.387 e. The molecule has 0 spiro atoms. The fourth-order valence-electron chi connectivity index (χ4n) is 1.03.